The van der Waals surface area contributed by atoms with Crippen molar-refractivity contribution < 1.29 is 17.9 Å². The van der Waals surface area contributed by atoms with Crippen molar-refractivity contribution in [3.63, 3.8) is 0 Å². The Morgan fingerprint density at radius 2 is 1.85 bits per heavy atom. The van der Waals surface area contributed by atoms with Crippen molar-refractivity contribution in [1.82, 2.24) is 4.31 Å². The molecule has 6 nitrogen and oxygen atoms in total. The maximum Gasteiger partial charge on any atom is 0.243 e. The molecule has 0 aliphatic rings. The predicted molar refractivity (Wildman–Crippen MR) is 106 cm³/mol. The van der Waals surface area contributed by atoms with Gasteiger partial charge in [-0.05, 0) is 42.3 Å². The van der Waals surface area contributed by atoms with Crippen molar-refractivity contribution in [1.29, 1.82) is 0 Å². The minimum Gasteiger partial charge on any atom is -0.497 e. The molecule has 0 aliphatic carbocycles. The molecule has 7 heteroatoms. The van der Waals surface area contributed by atoms with Crippen molar-refractivity contribution in [2.75, 3.05) is 25.5 Å². The molecule has 2 rings (SSSR count). The van der Waals surface area contributed by atoms with Crippen LogP contribution in [0.3, 0.4) is 0 Å². The molecule has 1 N–H and O–H groups in total. The number of hydrogen-bond acceptors (Lipinski definition) is 4. The van der Waals surface area contributed by atoms with Crippen molar-refractivity contribution >= 4 is 21.6 Å². The summed E-state index contributed by atoms with van der Waals surface area (Å²) in [6.45, 7) is 5.30. The van der Waals surface area contributed by atoms with Gasteiger partial charge in [-0.15, -0.1) is 6.58 Å². The third-order valence-electron chi connectivity index (χ3n) is 4.02. The van der Waals surface area contributed by atoms with E-state index in [0.717, 1.165) is 16.3 Å². The summed E-state index contributed by atoms with van der Waals surface area (Å²) in [6, 6.07) is 13.5. The number of para-hydroxylation sites is 1. The number of nitrogens with zero attached hydrogens (tertiary/aromatic N) is 1. The van der Waals surface area contributed by atoms with Crippen LogP contribution in [0.2, 0.25) is 0 Å². The average Bonchev–Trinajstić information content (AvgIpc) is 2.68. The molecule has 0 heterocycles. The fourth-order valence-electron chi connectivity index (χ4n) is 2.59. The van der Waals surface area contributed by atoms with Crippen molar-refractivity contribution in [2.45, 2.75) is 18.2 Å². The van der Waals surface area contributed by atoms with E-state index in [1.54, 1.807) is 18.2 Å². The fraction of sp³-hybridized carbons (Fsp3) is 0.250. The van der Waals surface area contributed by atoms with Gasteiger partial charge in [-0.25, -0.2) is 8.42 Å². The van der Waals surface area contributed by atoms with Crippen LogP contribution in [0.4, 0.5) is 5.69 Å². The molecule has 0 unspecified atom stereocenters. The molecule has 0 saturated carbocycles. The van der Waals surface area contributed by atoms with Gasteiger partial charge in [0.1, 0.15) is 5.75 Å². The Morgan fingerprint density at radius 3 is 2.44 bits per heavy atom. The standard InChI is InChI=1S/C20H24N2O4S/c1-4-14-22(27(24,25)18-12-10-17(26-3)11-13-18)15-20(23)21-19-9-7-6-8-16(19)5-2/h4,6-13H,1,5,14-15H2,2-3H3,(H,21,23). The van der Waals surface area contributed by atoms with E-state index in [9.17, 15) is 13.2 Å². The molecule has 0 bridgehead atoms. The molecule has 2 aromatic carbocycles. The first-order valence-electron chi connectivity index (χ1n) is 8.55. The minimum atomic E-state index is -3.85. The van der Waals surface area contributed by atoms with Gasteiger partial charge >= 0.3 is 0 Å². The summed E-state index contributed by atoms with van der Waals surface area (Å²) in [5.74, 6) is 0.146. The SMILES string of the molecule is C=CCN(CC(=O)Nc1ccccc1CC)S(=O)(=O)c1ccc(OC)cc1. The maximum atomic E-state index is 12.9. The highest BCUT2D eigenvalue weighted by atomic mass is 32.2. The van der Waals surface area contributed by atoms with Crippen molar-refractivity contribution in [2.24, 2.45) is 0 Å². The topological polar surface area (TPSA) is 75.7 Å². The molecule has 0 atom stereocenters. The van der Waals surface area contributed by atoms with Gasteiger partial charge in [0.05, 0.1) is 18.6 Å². The molecular weight excluding hydrogens is 364 g/mol. The average molecular weight is 388 g/mol. The summed E-state index contributed by atoms with van der Waals surface area (Å²) in [4.78, 5) is 12.6. The zero-order valence-corrected chi connectivity index (χ0v) is 16.3. The number of anilines is 1. The summed E-state index contributed by atoms with van der Waals surface area (Å²) >= 11 is 0. The lowest BCUT2D eigenvalue weighted by atomic mass is 10.1. The number of benzene rings is 2. The van der Waals surface area contributed by atoms with Crippen LogP contribution in [0, 0.1) is 0 Å². The number of rotatable bonds is 9. The zero-order chi connectivity index (χ0) is 19.9. The molecule has 0 spiro atoms. The summed E-state index contributed by atoms with van der Waals surface area (Å²) in [5.41, 5.74) is 1.67. The van der Waals surface area contributed by atoms with Gasteiger partial charge in [-0.1, -0.05) is 31.2 Å². The van der Waals surface area contributed by atoms with E-state index in [4.69, 9.17) is 4.74 Å². The van der Waals surface area contributed by atoms with Crippen LogP contribution in [0.5, 0.6) is 5.75 Å². The third-order valence-corrected chi connectivity index (χ3v) is 5.85. The largest absolute Gasteiger partial charge is 0.497 e. The lowest BCUT2D eigenvalue weighted by Gasteiger charge is -2.21. The van der Waals surface area contributed by atoms with Gasteiger partial charge in [0, 0.05) is 12.2 Å². The number of carbonyl (C=O) groups excluding carboxylic acids is 1. The lowest BCUT2D eigenvalue weighted by molar-refractivity contribution is -0.116. The first-order chi connectivity index (χ1) is 12.9. The van der Waals surface area contributed by atoms with Gasteiger partial charge in [0.2, 0.25) is 15.9 Å². The van der Waals surface area contributed by atoms with Crippen LogP contribution in [0.15, 0.2) is 66.1 Å². The summed E-state index contributed by atoms with van der Waals surface area (Å²) in [6.07, 6.45) is 2.21. The second-order valence-corrected chi connectivity index (χ2v) is 7.76. The van der Waals surface area contributed by atoms with Gasteiger partial charge in [-0.2, -0.15) is 4.31 Å². The normalized spacial score (nSPS) is 11.2. The highest BCUT2D eigenvalue weighted by Crippen LogP contribution is 2.20. The van der Waals surface area contributed by atoms with E-state index in [1.807, 2.05) is 25.1 Å². The smallest absolute Gasteiger partial charge is 0.243 e. The van der Waals surface area contributed by atoms with Crippen LogP contribution >= 0.6 is 0 Å². The Labute approximate surface area is 160 Å². The number of carbonyl (C=O) groups is 1. The van der Waals surface area contributed by atoms with Crippen LogP contribution in [0.1, 0.15) is 12.5 Å². The van der Waals surface area contributed by atoms with Gasteiger partial charge < -0.3 is 10.1 Å². The second-order valence-electron chi connectivity index (χ2n) is 5.82. The quantitative estimate of drug-likeness (QED) is 0.670. The Bertz CT molecular complexity index is 892. The number of amides is 1. The van der Waals surface area contributed by atoms with E-state index >= 15 is 0 Å². The number of ether oxygens (including phenoxy) is 1. The van der Waals surface area contributed by atoms with E-state index in [-0.39, 0.29) is 18.0 Å². The second kappa shape index (κ2) is 9.34. The monoisotopic (exact) mass is 388 g/mol. The highest BCUT2D eigenvalue weighted by Gasteiger charge is 2.26. The van der Waals surface area contributed by atoms with E-state index in [2.05, 4.69) is 11.9 Å². The Morgan fingerprint density at radius 1 is 1.19 bits per heavy atom. The lowest BCUT2D eigenvalue weighted by Crippen LogP contribution is -2.38. The Hall–Kier alpha value is -2.64. The molecule has 0 saturated heterocycles. The van der Waals surface area contributed by atoms with E-state index in [1.165, 1.54) is 25.3 Å². The third kappa shape index (κ3) is 5.18. The highest BCUT2D eigenvalue weighted by molar-refractivity contribution is 7.89. The molecule has 1 amide bonds. The molecule has 0 aromatic heterocycles. The van der Waals surface area contributed by atoms with Crippen LogP contribution in [0.25, 0.3) is 0 Å². The zero-order valence-electron chi connectivity index (χ0n) is 15.5. The number of nitrogens with one attached hydrogen (secondary N) is 1. The Balaban J connectivity index is 2.20. The summed E-state index contributed by atoms with van der Waals surface area (Å²) in [5, 5.41) is 2.79. The van der Waals surface area contributed by atoms with E-state index in [0.29, 0.717) is 11.4 Å². The number of aryl methyl sites for hydroxylation is 1. The predicted octanol–water partition coefficient (Wildman–Crippen LogP) is 3.07. The molecule has 0 aliphatic heterocycles. The molecule has 144 valence electrons. The van der Waals surface area contributed by atoms with Crippen molar-refractivity contribution in [3.8, 4) is 5.75 Å². The minimum absolute atomic E-state index is 0.0250. The Kier molecular flexibility index (Phi) is 7.15. The molecule has 0 radical (unpaired) electrons. The first kappa shape index (κ1) is 20.7. The first-order valence-corrected chi connectivity index (χ1v) is 9.99. The fourth-order valence-corrected chi connectivity index (χ4v) is 3.96. The van der Waals surface area contributed by atoms with Crippen LogP contribution < -0.4 is 10.1 Å². The molecule has 2 aromatic rings. The van der Waals surface area contributed by atoms with Gasteiger partial charge in [0.15, 0.2) is 0 Å². The van der Waals surface area contributed by atoms with Crippen LogP contribution in [-0.2, 0) is 21.2 Å². The van der Waals surface area contributed by atoms with Crippen molar-refractivity contribution in [3.05, 3.63) is 66.7 Å². The number of sulfonamides is 1. The molecule has 0 fully saturated rings. The van der Waals surface area contributed by atoms with Crippen LogP contribution in [-0.4, -0.2) is 38.8 Å². The molecular formula is C20H24N2O4S. The number of hydrogen-bond donors (Lipinski definition) is 1. The number of methoxy groups -OCH3 is 1. The summed E-state index contributed by atoms with van der Waals surface area (Å²) in [7, 11) is -2.34. The van der Waals surface area contributed by atoms with E-state index < -0.39 is 15.9 Å². The summed E-state index contributed by atoms with van der Waals surface area (Å²) < 4.78 is 31.9. The maximum absolute atomic E-state index is 12.9. The van der Waals surface area contributed by atoms with Gasteiger partial charge in [-0.3, -0.25) is 4.79 Å². The van der Waals surface area contributed by atoms with Gasteiger partial charge in [0.25, 0.3) is 0 Å². The molecule has 27 heavy (non-hydrogen) atoms.